The number of aliphatic carboxylic acids is 1. The van der Waals surface area contributed by atoms with Gasteiger partial charge in [0.25, 0.3) is 5.69 Å². The lowest BCUT2D eigenvalue weighted by atomic mass is 9.73. The van der Waals surface area contributed by atoms with Gasteiger partial charge in [-0.3, -0.25) is 14.9 Å². The van der Waals surface area contributed by atoms with Gasteiger partial charge in [0.15, 0.2) is 8.32 Å². The monoisotopic (exact) mass is 600 g/mol. The van der Waals surface area contributed by atoms with Gasteiger partial charge in [-0.15, -0.1) is 0 Å². The van der Waals surface area contributed by atoms with Crippen LogP contribution in [0.5, 0.6) is 0 Å². The van der Waals surface area contributed by atoms with Gasteiger partial charge in [-0.05, 0) is 73.4 Å². The molecular weight excluding hydrogens is 568 g/mol. The summed E-state index contributed by atoms with van der Waals surface area (Å²) in [5.74, 6) is -2.42. The highest BCUT2D eigenvalue weighted by Gasteiger charge is 2.61. The van der Waals surface area contributed by atoms with E-state index in [1.54, 1.807) is 18.2 Å². The smallest absolute Gasteiger partial charge is 0.352 e. The molecule has 43 heavy (non-hydrogen) atoms. The van der Waals surface area contributed by atoms with Crippen LogP contribution in [0.4, 0.5) is 5.69 Å². The number of non-ortho nitro benzene ring substituents is 1. The van der Waals surface area contributed by atoms with Crippen LogP contribution in [0.25, 0.3) is 27.5 Å². The van der Waals surface area contributed by atoms with Crippen LogP contribution < -0.4 is 0 Å². The SMILES string of the molecule is C[C@@H](O[Si](C)(C)C)[C@H]1C(=O)N2C(C(=O)O)=C(c3ccc4c(c3)oc3cc(CO)ccc34)C(Cc3ccc([N+](=O)[O-])cc3)[C@H]12. The minimum Gasteiger partial charge on any atom is -0.477 e. The third kappa shape index (κ3) is 4.93. The Morgan fingerprint density at radius 2 is 1.67 bits per heavy atom. The van der Waals surface area contributed by atoms with Crippen LogP contribution >= 0.6 is 0 Å². The van der Waals surface area contributed by atoms with Crippen molar-refractivity contribution in [2.75, 3.05) is 0 Å². The van der Waals surface area contributed by atoms with E-state index in [-0.39, 0.29) is 23.9 Å². The molecule has 0 spiro atoms. The molecule has 0 bridgehead atoms. The number of amides is 1. The summed E-state index contributed by atoms with van der Waals surface area (Å²) in [5, 5.41) is 33.0. The first kappa shape index (κ1) is 28.8. The van der Waals surface area contributed by atoms with Crippen molar-refractivity contribution in [3.8, 4) is 0 Å². The maximum Gasteiger partial charge on any atom is 0.352 e. The molecule has 0 saturated carbocycles. The van der Waals surface area contributed by atoms with Gasteiger partial charge in [0.2, 0.25) is 5.91 Å². The van der Waals surface area contributed by atoms with E-state index in [9.17, 15) is 29.9 Å². The molecule has 222 valence electrons. The molecule has 1 unspecified atom stereocenters. The highest BCUT2D eigenvalue weighted by Crippen LogP contribution is 2.52. The van der Waals surface area contributed by atoms with E-state index in [0.29, 0.717) is 34.3 Å². The molecule has 1 amide bonds. The number of carbonyl (C=O) groups is 2. The van der Waals surface area contributed by atoms with Gasteiger partial charge in [0.1, 0.15) is 16.9 Å². The Balaban J connectivity index is 1.48. The molecule has 6 rings (SSSR count). The fourth-order valence-electron chi connectivity index (χ4n) is 6.69. The number of hydrogen-bond donors (Lipinski definition) is 2. The van der Waals surface area contributed by atoms with Crippen molar-refractivity contribution in [2.45, 2.75) is 51.7 Å². The molecule has 1 aromatic heterocycles. The number of β-lactam (4-membered cyclic amide) rings is 1. The summed E-state index contributed by atoms with van der Waals surface area (Å²) >= 11 is 0. The number of carboxylic acid groups (broad SMARTS) is 1. The molecule has 0 aliphatic carbocycles. The lowest BCUT2D eigenvalue weighted by Gasteiger charge is -2.49. The fourth-order valence-corrected chi connectivity index (χ4v) is 7.96. The Kier molecular flexibility index (Phi) is 6.99. The molecule has 4 atom stereocenters. The molecule has 4 aromatic rings. The van der Waals surface area contributed by atoms with Crippen LogP contribution in [0.1, 0.15) is 23.6 Å². The average Bonchev–Trinajstić information content (AvgIpc) is 3.44. The fraction of sp³-hybridized carbons (Fsp3) is 0.312. The zero-order chi connectivity index (χ0) is 30.8. The zero-order valence-corrected chi connectivity index (χ0v) is 25.2. The number of carboxylic acids is 1. The van der Waals surface area contributed by atoms with Crippen LogP contribution in [-0.2, 0) is 27.0 Å². The van der Waals surface area contributed by atoms with Crippen LogP contribution in [-0.4, -0.2) is 52.4 Å². The van der Waals surface area contributed by atoms with Crippen LogP contribution in [0, 0.1) is 22.0 Å². The number of nitro groups is 1. The number of aliphatic hydroxyl groups excluding tert-OH is 1. The van der Waals surface area contributed by atoms with Crippen molar-refractivity contribution in [3.63, 3.8) is 0 Å². The summed E-state index contributed by atoms with van der Waals surface area (Å²) < 4.78 is 12.5. The second kappa shape index (κ2) is 10.4. The molecule has 11 heteroatoms. The average molecular weight is 601 g/mol. The summed E-state index contributed by atoms with van der Waals surface area (Å²) in [6.07, 6.45) is -0.0417. The third-order valence-electron chi connectivity index (χ3n) is 8.35. The van der Waals surface area contributed by atoms with E-state index in [1.807, 2.05) is 56.9 Å². The predicted octanol–water partition coefficient (Wildman–Crippen LogP) is 5.72. The van der Waals surface area contributed by atoms with Crippen molar-refractivity contribution in [1.29, 1.82) is 0 Å². The van der Waals surface area contributed by atoms with E-state index in [2.05, 4.69) is 0 Å². The Morgan fingerprint density at radius 1 is 1.05 bits per heavy atom. The van der Waals surface area contributed by atoms with E-state index in [1.165, 1.54) is 17.0 Å². The van der Waals surface area contributed by atoms with Gasteiger partial charge >= 0.3 is 5.97 Å². The Bertz CT molecular complexity index is 1820. The molecular formula is C32H32N2O8Si. The maximum atomic E-state index is 13.6. The molecule has 2 aliphatic rings. The number of aliphatic hydroxyl groups is 1. The summed E-state index contributed by atoms with van der Waals surface area (Å²) in [6, 6.07) is 16.8. The molecule has 1 saturated heterocycles. The van der Waals surface area contributed by atoms with E-state index in [0.717, 1.165) is 16.3 Å². The summed E-state index contributed by atoms with van der Waals surface area (Å²) in [6.45, 7) is 7.90. The number of hydrogen-bond acceptors (Lipinski definition) is 7. The van der Waals surface area contributed by atoms with Gasteiger partial charge in [-0.25, -0.2) is 4.79 Å². The first-order valence-electron chi connectivity index (χ1n) is 14.2. The second-order valence-corrected chi connectivity index (χ2v) is 16.7. The van der Waals surface area contributed by atoms with E-state index in [4.69, 9.17) is 8.84 Å². The topological polar surface area (TPSA) is 143 Å². The molecule has 3 heterocycles. The van der Waals surface area contributed by atoms with Gasteiger partial charge < -0.3 is 24.0 Å². The first-order chi connectivity index (χ1) is 20.4. The minimum atomic E-state index is -2.02. The van der Waals surface area contributed by atoms with E-state index >= 15 is 0 Å². The van der Waals surface area contributed by atoms with Crippen molar-refractivity contribution in [1.82, 2.24) is 4.90 Å². The van der Waals surface area contributed by atoms with Crippen molar-refractivity contribution < 1.29 is 33.6 Å². The number of furan rings is 1. The summed E-state index contributed by atoms with van der Waals surface area (Å²) in [4.78, 5) is 38.6. The highest BCUT2D eigenvalue weighted by molar-refractivity contribution is 6.69. The zero-order valence-electron chi connectivity index (χ0n) is 24.2. The lowest BCUT2D eigenvalue weighted by Crippen LogP contribution is -2.65. The number of nitrogens with zero attached hydrogens (tertiary/aromatic N) is 2. The number of nitro benzene ring substituents is 1. The number of carbonyl (C=O) groups excluding carboxylic acids is 1. The molecule has 1 fully saturated rings. The molecule has 0 radical (unpaired) electrons. The van der Waals surface area contributed by atoms with Crippen molar-refractivity contribution in [3.05, 3.63) is 93.2 Å². The standard InChI is InChI=1S/C32H32N2O8Si/c1-17(42-43(2,3)4)27-29-24(13-18-5-9-21(10-6-18)34(39)40)28(30(32(37)38)33(29)31(27)36)20-8-12-23-22-11-7-19(16-35)14-25(22)41-26(23)15-20/h5-12,14-15,17,24,27,29,35H,13,16H2,1-4H3,(H,37,38)/t17-,24?,27-,29-/m1/s1. The van der Waals surface area contributed by atoms with Crippen molar-refractivity contribution in [2.24, 2.45) is 11.8 Å². The van der Waals surface area contributed by atoms with Crippen molar-refractivity contribution >= 4 is 53.4 Å². The first-order valence-corrected chi connectivity index (χ1v) is 17.6. The Hall–Kier alpha value is -4.32. The highest BCUT2D eigenvalue weighted by atomic mass is 28.4. The Labute approximate surface area is 248 Å². The van der Waals surface area contributed by atoms with Gasteiger partial charge in [-0.1, -0.05) is 30.3 Å². The number of rotatable bonds is 9. The second-order valence-electron chi connectivity index (χ2n) is 12.3. The molecule has 2 N–H and O–H groups in total. The normalized spacial score (nSPS) is 20.9. The number of benzene rings is 3. The molecule has 3 aromatic carbocycles. The summed E-state index contributed by atoms with van der Waals surface area (Å²) in [7, 11) is -2.02. The van der Waals surface area contributed by atoms with Crippen LogP contribution in [0.15, 0.2) is 70.8 Å². The largest absolute Gasteiger partial charge is 0.477 e. The van der Waals surface area contributed by atoms with E-state index < -0.39 is 43.2 Å². The molecule has 2 aliphatic heterocycles. The maximum absolute atomic E-state index is 13.6. The number of fused-ring (bicyclic) bond motifs is 4. The van der Waals surface area contributed by atoms with Gasteiger partial charge in [-0.2, -0.15) is 0 Å². The lowest BCUT2D eigenvalue weighted by molar-refractivity contribution is -0.384. The molecule has 10 nitrogen and oxygen atoms in total. The summed E-state index contributed by atoms with van der Waals surface area (Å²) in [5.41, 5.74) is 3.72. The van der Waals surface area contributed by atoms with Gasteiger partial charge in [0.05, 0.1) is 29.6 Å². The Morgan fingerprint density at radius 3 is 2.28 bits per heavy atom. The predicted molar refractivity (Wildman–Crippen MR) is 163 cm³/mol. The van der Waals surface area contributed by atoms with Crippen LogP contribution in [0.3, 0.4) is 0 Å². The van der Waals surface area contributed by atoms with Crippen LogP contribution in [0.2, 0.25) is 19.6 Å². The van der Waals surface area contributed by atoms with Gasteiger partial charge in [0, 0.05) is 28.8 Å². The minimum absolute atomic E-state index is 0.0349. The quantitative estimate of drug-likeness (QED) is 0.107. The third-order valence-corrected chi connectivity index (χ3v) is 9.43.